The normalized spacial score (nSPS) is 10.3. The van der Waals surface area contributed by atoms with E-state index in [0.29, 0.717) is 0 Å². The lowest BCUT2D eigenvalue weighted by molar-refractivity contribution is 0.483. The Balaban J connectivity index is 1.56. The van der Waals surface area contributed by atoms with Crippen molar-refractivity contribution in [1.29, 1.82) is 0 Å². The van der Waals surface area contributed by atoms with Crippen molar-refractivity contribution in [2.45, 2.75) is 19.9 Å². The zero-order valence-electron chi connectivity index (χ0n) is 13.3. The number of para-hydroxylation sites is 1. The number of rotatable bonds is 6. The summed E-state index contributed by atoms with van der Waals surface area (Å²) in [6, 6.07) is 26.6. The molecular formula is C21H21NO. The van der Waals surface area contributed by atoms with Gasteiger partial charge in [0.1, 0.15) is 11.5 Å². The zero-order chi connectivity index (χ0) is 15.9. The van der Waals surface area contributed by atoms with Crippen molar-refractivity contribution in [2.75, 3.05) is 5.32 Å². The van der Waals surface area contributed by atoms with Gasteiger partial charge in [0, 0.05) is 12.2 Å². The third kappa shape index (κ3) is 4.36. The highest BCUT2D eigenvalue weighted by Gasteiger charge is 1.98. The van der Waals surface area contributed by atoms with Crippen LogP contribution < -0.4 is 10.1 Å². The molecule has 0 bridgehead atoms. The number of hydrogen-bond acceptors (Lipinski definition) is 2. The van der Waals surface area contributed by atoms with E-state index in [-0.39, 0.29) is 0 Å². The first-order valence-corrected chi connectivity index (χ1v) is 7.98. The second-order valence-corrected chi connectivity index (χ2v) is 5.46. The number of ether oxygens (including phenoxy) is 1. The molecule has 0 atom stereocenters. The Hall–Kier alpha value is -2.74. The predicted molar refractivity (Wildman–Crippen MR) is 96.1 cm³/mol. The topological polar surface area (TPSA) is 21.3 Å². The molecule has 2 nitrogen and oxygen atoms in total. The molecule has 0 aliphatic carbocycles. The van der Waals surface area contributed by atoms with Crippen molar-refractivity contribution in [3.05, 3.63) is 90.0 Å². The molecule has 116 valence electrons. The molecule has 23 heavy (non-hydrogen) atoms. The molecule has 0 radical (unpaired) electrons. The molecule has 0 unspecified atom stereocenters. The van der Waals surface area contributed by atoms with Gasteiger partial charge in [0.2, 0.25) is 0 Å². The molecule has 0 spiro atoms. The van der Waals surface area contributed by atoms with Gasteiger partial charge >= 0.3 is 0 Å². The van der Waals surface area contributed by atoms with Crippen LogP contribution in [0.5, 0.6) is 11.5 Å². The molecule has 3 aromatic rings. The van der Waals surface area contributed by atoms with Crippen LogP contribution in [0.2, 0.25) is 0 Å². The van der Waals surface area contributed by atoms with Crippen LogP contribution in [0.25, 0.3) is 0 Å². The highest BCUT2D eigenvalue weighted by Crippen LogP contribution is 2.22. The maximum Gasteiger partial charge on any atom is 0.127 e. The summed E-state index contributed by atoms with van der Waals surface area (Å²) in [4.78, 5) is 0. The Morgan fingerprint density at radius 3 is 1.96 bits per heavy atom. The first kappa shape index (κ1) is 15.2. The van der Waals surface area contributed by atoms with Gasteiger partial charge in [-0.1, -0.05) is 49.4 Å². The molecule has 3 aromatic carbocycles. The third-order valence-electron chi connectivity index (χ3n) is 3.76. The van der Waals surface area contributed by atoms with Gasteiger partial charge in [-0.2, -0.15) is 0 Å². The van der Waals surface area contributed by atoms with Gasteiger partial charge in [0.15, 0.2) is 0 Å². The second-order valence-electron chi connectivity index (χ2n) is 5.46. The zero-order valence-corrected chi connectivity index (χ0v) is 13.3. The summed E-state index contributed by atoms with van der Waals surface area (Å²) in [7, 11) is 0. The molecule has 0 amide bonds. The average Bonchev–Trinajstić information content (AvgIpc) is 2.62. The third-order valence-corrected chi connectivity index (χ3v) is 3.76. The fraction of sp³-hybridized carbons (Fsp3) is 0.143. The highest BCUT2D eigenvalue weighted by atomic mass is 16.5. The van der Waals surface area contributed by atoms with E-state index >= 15 is 0 Å². The Labute approximate surface area is 137 Å². The van der Waals surface area contributed by atoms with Crippen LogP contribution in [0.1, 0.15) is 18.1 Å². The van der Waals surface area contributed by atoms with E-state index in [1.54, 1.807) is 0 Å². The second kappa shape index (κ2) is 7.50. The number of hydrogen-bond donors (Lipinski definition) is 1. The molecule has 0 fully saturated rings. The first-order valence-electron chi connectivity index (χ1n) is 7.98. The molecule has 0 aliphatic heterocycles. The summed E-state index contributed by atoms with van der Waals surface area (Å²) in [5, 5.41) is 3.43. The first-order chi connectivity index (χ1) is 11.3. The van der Waals surface area contributed by atoms with Crippen LogP contribution >= 0.6 is 0 Å². The smallest absolute Gasteiger partial charge is 0.127 e. The number of benzene rings is 3. The molecular weight excluding hydrogens is 282 g/mol. The van der Waals surface area contributed by atoms with Crippen LogP contribution in [-0.4, -0.2) is 0 Å². The van der Waals surface area contributed by atoms with Gasteiger partial charge in [-0.3, -0.25) is 0 Å². The minimum Gasteiger partial charge on any atom is -0.457 e. The Morgan fingerprint density at radius 1 is 0.696 bits per heavy atom. The fourth-order valence-electron chi connectivity index (χ4n) is 2.36. The average molecular weight is 303 g/mol. The molecule has 0 aliphatic rings. The maximum absolute atomic E-state index is 5.79. The molecule has 2 heteroatoms. The van der Waals surface area contributed by atoms with Crippen molar-refractivity contribution in [3.8, 4) is 11.5 Å². The number of anilines is 1. The minimum atomic E-state index is 0.822. The quantitative estimate of drug-likeness (QED) is 0.635. The van der Waals surface area contributed by atoms with Crippen LogP contribution in [-0.2, 0) is 13.0 Å². The van der Waals surface area contributed by atoms with E-state index in [1.165, 1.54) is 11.1 Å². The lowest BCUT2D eigenvalue weighted by Gasteiger charge is -2.09. The molecule has 0 saturated carbocycles. The molecule has 1 N–H and O–H groups in total. The van der Waals surface area contributed by atoms with Gasteiger partial charge in [-0.25, -0.2) is 0 Å². The molecule has 3 rings (SSSR count). The summed E-state index contributed by atoms with van der Waals surface area (Å²) in [5.41, 5.74) is 3.74. The monoisotopic (exact) mass is 303 g/mol. The van der Waals surface area contributed by atoms with Gasteiger partial charge in [-0.05, 0) is 53.9 Å². The van der Waals surface area contributed by atoms with E-state index in [1.807, 2.05) is 54.6 Å². The van der Waals surface area contributed by atoms with Gasteiger partial charge < -0.3 is 10.1 Å². The van der Waals surface area contributed by atoms with Crippen LogP contribution in [0.3, 0.4) is 0 Å². The summed E-state index contributed by atoms with van der Waals surface area (Å²) in [6.07, 6.45) is 1.08. The number of aryl methyl sites for hydroxylation is 1. The Kier molecular flexibility index (Phi) is 4.95. The van der Waals surface area contributed by atoms with E-state index in [2.05, 4.69) is 36.5 Å². The summed E-state index contributed by atoms with van der Waals surface area (Å²) in [5.74, 6) is 1.69. The van der Waals surface area contributed by atoms with Crippen molar-refractivity contribution >= 4 is 5.69 Å². The van der Waals surface area contributed by atoms with E-state index in [4.69, 9.17) is 4.74 Å². The molecule has 0 aromatic heterocycles. The standard InChI is InChI=1S/C21H21NO/c1-2-17-8-10-18(11-9-17)16-22-19-12-14-21(15-13-19)23-20-6-4-3-5-7-20/h3-15,22H,2,16H2,1H3. The van der Waals surface area contributed by atoms with Crippen LogP contribution in [0.15, 0.2) is 78.9 Å². The summed E-state index contributed by atoms with van der Waals surface area (Å²) < 4.78 is 5.79. The van der Waals surface area contributed by atoms with Crippen molar-refractivity contribution < 1.29 is 4.74 Å². The van der Waals surface area contributed by atoms with Gasteiger partial charge in [0.25, 0.3) is 0 Å². The fourth-order valence-corrected chi connectivity index (χ4v) is 2.36. The van der Waals surface area contributed by atoms with Gasteiger partial charge in [0.05, 0.1) is 0 Å². The lowest BCUT2D eigenvalue weighted by Crippen LogP contribution is -1.99. The summed E-state index contributed by atoms with van der Waals surface area (Å²) in [6.45, 7) is 3.00. The maximum atomic E-state index is 5.79. The van der Waals surface area contributed by atoms with Crippen molar-refractivity contribution in [3.63, 3.8) is 0 Å². The van der Waals surface area contributed by atoms with E-state index < -0.39 is 0 Å². The van der Waals surface area contributed by atoms with E-state index in [9.17, 15) is 0 Å². The lowest BCUT2D eigenvalue weighted by atomic mass is 10.1. The minimum absolute atomic E-state index is 0.822. The van der Waals surface area contributed by atoms with Crippen LogP contribution in [0.4, 0.5) is 5.69 Å². The molecule has 0 saturated heterocycles. The SMILES string of the molecule is CCc1ccc(CNc2ccc(Oc3ccccc3)cc2)cc1. The summed E-state index contributed by atoms with van der Waals surface area (Å²) >= 11 is 0. The predicted octanol–water partition coefficient (Wildman–Crippen LogP) is 5.65. The van der Waals surface area contributed by atoms with Crippen molar-refractivity contribution in [2.24, 2.45) is 0 Å². The molecule has 0 heterocycles. The van der Waals surface area contributed by atoms with Gasteiger partial charge in [-0.15, -0.1) is 0 Å². The van der Waals surface area contributed by atoms with E-state index in [0.717, 1.165) is 30.2 Å². The Bertz CT molecular complexity index is 718. The van der Waals surface area contributed by atoms with Crippen molar-refractivity contribution in [1.82, 2.24) is 0 Å². The van der Waals surface area contributed by atoms with Crippen LogP contribution in [0, 0.1) is 0 Å². The highest BCUT2D eigenvalue weighted by molar-refractivity contribution is 5.47. The largest absolute Gasteiger partial charge is 0.457 e. The number of nitrogens with one attached hydrogen (secondary N) is 1. The Morgan fingerprint density at radius 2 is 1.30 bits per heavy atom.